The number of rotatable bonds is 3. The quantitative estimate of drug-likeness (QED) is 0.776. The number of hydrogen-bond donors (Lipinski definition) is 2. The van der Waals surface area contributed by atoms with Crippen molar-refractivity contribution in [2.24, 2.45) is 0 Å². The second kappa shape index (κ2) is 6.42. The first-order chi connectivity index (χ1) is 10.7. The highest BCUT2D eigenvalue weighted by molar-refractivity contribution is 7.19. The summed E-state index contributed by atoms with van der Waals surface area (Å²) in [7, 11) is 0. The first-order valence-corrected chi connectivity index (χ1v) is 7.94. The molecule has 0 fully saturated rings. The number of nitrogens with one attached hydrogen (secondary N) is 1. The van der Waals surface area contributed by atoms with Gasteiger partial charge in [0.2, 0.25) is 0 Å². The maximum absolute atomic E-state index is 11.9. The van der Waals surface area contributed by atoms with Gasteiger partial charge in [-0.05, 0) is 33.3 Å². The predicted octanol–water partition coefficient (Wildman–Crippen LogP) is 4.99. The van der Waals surface area contributed by atoms with Crippen LogP contribution in [0.15, 0.2) is 30.8 Å². The fraction of sp³-hybridized carbons (Fsp3) is 0.294. The van der Waals surface area contributed by atoms with E-state index in [0.717, 1.165) is 11.1 Å². The van der Waals surface area contributed by atoms with Crippen molar-refractivity contribution >= 4 is 28.2 Å². The maximum atomic E-state index is 11.9. The number of amides is 1. The number of benzene rings is 1. The highest BCUT2D eigenvalue weighted by Gasteiger charge is 2.21. The molecule has 0 aliphatic carbocycles. The fourth-order valence-electron chi connectivity index (χ4n) is 1.92. The highest BCUT2D eigenvalue weighted by atomic mass is 32.1. The van der Waals surface area contributed by atoms with Crippen molar-refractivity contribution in [3.8, 4) is 10.6 Å². The molecule has 0 unspecified atom stereocenters. The second-order valence-corrected chi connectivity index (χ2v) is 7.08. The summed E-state index contributed by atoms with van der Waals surface area (Å²) in [6.45, 7) is 10.8. The number of hydrogen-bond acceptors (Lipinski definition) is 5. The number of carbonyl (C=O) groups excluding carboxylic acids is 1. The van der Waals surface area contributed by atoms with Gasteiger partial charge in [-0.2, -0.15) is 0 Å². The lowest BCUT2D eigenvalue weighted by atomic mass is 10.1. The van der Waals surface area contributed by atoms with Crippen LogP contribution in [0.3, 0.4) is 0 Å². The first kappa shape index (κ1) is 17.0. The van der Waals surface area contributed by atoms with Crippen LogP contribution in [0, 0.1) is 6.92 Å². The molecule has 122 valence electrons. The number of carbonyl (C=O) groups is 1. The summed E-state index contributed by atoms with van der Waals surface area (Å²) in [6, 6.07) is 7.77. The van der Waals surface area contributed by atoms with E-state index in [0.29, 0.717) is 10.0 Å². The van der Waals surface area contributed by atoms with Gasteiger partial charge in [0.15, 0.2) is 0 Å². The molecule has 6 heteroatoms. The van der Waals surface area contributed by atoms with E-state index in [4.69, 9.17) is 4.74 Å². The van der Waals surface area contributed by atoms with Crippen LogP contribution in [0.1, 0.15) is 32.0 Å². The summed E-state index contributed by atoms with van der Waals surface area (Å²) in [5.74, 6) is -0.202. The van der Waals surface area contributed by atoms with Crippen LogP contribution in [0.4, 0.5) is 9.80 Å². The minimum Gasteiger partial charge on any atom is -0.506 e. The van der Waals surface area contributed by atoms with E-state index < -0.39 is 11.7 Å². The highest BCUT2D eigenvalue weighted by Crippen LogP contribution is 2.36. The summed E-state index contributed by atoms with van der Waals surface area (Å²) in [5, 5.41) is 13.5. The minimum absolute atomic E-state index is 0.202. The molecular formula is C17H20N2O3S. The number of aryl methyl sites for hydroxylation is 1. The van der Waals surface area contributed by atoms with Gasteiger partial charge in [0.05, 0.1) is 0 Å². The minimum atomic E-state index is -0.607. The normalized spacial score (nSPS) is 11.1. The number of ether oxygens (including phenoxy) is 1. The number of aliphatic hydroxyl groups excluding tert-OH is 1. The zero-order valence-electron chi connectivity index (χ0n) is 13.6. The van der Waals surface area contributed by atoms with Crippen molar-refractivity contribution < 1.29 is 14.6 Å². The summed E-state index contributed by atoms with van der Waals surface area (Å²) < 4.78 is 5.23. The Balaban J connectivity index is 2.35. The van der Waals surface area contributed by atoms with Crippen molar-refractivity contribution in [3.05, 3.63) is 42.1 Å². The van der Waals surface area contributed by atoms with E-state index in [1.54, 1.807) is 20.8 Å². The van der Waals surface area contributed by atoms with Crippen molar-refractivity contribution in [1.29, 1.82) is 0 Å². The van der Waals surface area contributed by atoms with E-state index in [1.165, 1.54) is 11.3 Å². The predicted molar refractivity (Wildman–Crippen MR) is 93.8 cm³/mol. The molecule has 0 saturated heterocycles. The Morgan fingerprint density at radius 3 is 2.57 bits per heavy atom. The van der Waals surface area contributed by atoms with Gasteiger partial charge in [0, 0.05) is 5.56 Å². The van der Waals surface area contributed by atoms with E-state index in [-0.39, 0.29) is 11.5 Å². The smallest absolute Gasteiger partial charge is 0.412 e. The third-order valence-corrected chi connectivity index (χ3v) is 3.89. The molecule has 1 heterocycles. The zero-order chi connectivity index (χ0) is 17.2. The van der Waals surface area contributed by atoms with E-state index >= 15 is 0 Å². The largest absolute Gasteiger partial charge is 0.506 e. The second-order valence-electron chi connectivity index (χ2n) is 6.09. The summed E-state index contributed by atoms with van der Waals surface area (Å²) >= 11 is 1.27. The third-order valence-electron chi connectivity index (χ3n) is 2.89. The van der Waals surface area contributed by atoms with Crippen LogP contribution in [-0.4, -0.2) is 21.8 Å². The van der Waals surface area contributed by atoms with E-state index in [1.807, 2.05) is 31.2 Å². The molecule has 2 aromatic rings. The average molecular weight is 332 g/mol. The molecule has 2 rings (SSSR count). The topological polar surface area (TPSA) is 71.5 Å². The number of aliphatic hydroxyl groups is 1. The Morgan fingerprint density at radius 1 is 1.35 bits per heavy atom. The number of aromatic nitrogens is 1. The van der Waals surface area contributed by atoms with Crippen LogP contribution >= 0.6 is 11.3 Å². The van der Waals surface area contributed by atoms with Gasteiger partial charge in [-0.1, -0.05) is 42.2 Å². The fourth-order valence-corrected chi connectivity index (χ4v) is 2.99. The molecule has 0 aliphatic heterocycles. The van der Waals surface area contributed by atoms with Crippen molar-refractivity contribution in [3.63, 3.8) is 0 Å². The zero-order valence-corrected chi connectivity index (χ0v) is 14.5. The van der Waals surface area contributed by atoms with Gasteiger partial charge in [-0.15, -0.1) is 0 Å². The third kappa shape index (κ3) is 4.32. The number of anilines is 1. The maximum Gasteiger partial charge on any atom is 0.412 e. The molecule has 1 amide bonds. The van der Waals surface area contributed by atoms with Crippen LogP contribution in [-0.2, 0) is 4.74 Å². The molecule has 1 aromatic heterocycles. The van der Waals surface area contributed by atoms with E-state index in [9.17, 15) is 9.90 Å². The van der Waals surface area contributed by atoms with Gasteiger partial charge >= 0.3 is 6.09 Å². The standard InChI is InChI=1S/C17H20N2O3S/c1-10-8-6-7-9-12(10)14-18-13(11(2)20)15(23-14)19-16(21)22-17(3,4)5/h6-9,20H,2H2,1,3-5H3,(H,19,21). The summed E-state index contributed by atoms with van der Waals surface area (Å²) in [6.07, 6.45) is -0.597. The molecule has 1 aromatic carbocycles. The molecule has 0 radical (unpaired) electrons. The SMILES string of the molecule is C=C(O)c1nc(-c2ccccc2C)sc1NC(=O)OC(C)(C)C. The lowest BCUT2D eigenvalue weighted by Gasteiger charge is -2.19. The van der Waals surface area contributed by atoms with Gasteiger partial charge in [0.25, 0.3) is 0 Å². The molecule has 0 aliphatic rings. The van der Waals surface area contributed by atoms with Crippen molar-refractivity contribution in [2.75, 3.05) is 5.32 Å². The van der Waals surface area contributed by atoms with Crippen LogP contribution < -0.4 is 5.32 Å². The number of thiazole rings is 1. The lowest BCUT2D eigenvalue weighted by Crippen LogP contribution is -2.27. The molecule has 23 heavy (non-hydrogen) atoms. The van der Waals surface area contributed by atoms with Crippen LogP contribution in [0.25, 0.3) is 16.3 Å². The van der Waals surface area contributed by atoms with Gasteiger partial charge in [-0.25, -0.2) is 9.78 Å². The Hall–Kier alpha value is -2.34. The number of nitrogens with zero attached hydrogens (tertiary/aromatic N) is 1. The Bertz CT molecular complexity index is 745. The molecule has 5 nitrogen and oxygen atoms in total. The Kier molecular flexibility index (Phi) is 4.75. The van der Waals surface area contributed by atoms with Crippen molar-refractivity contribution in [2.45, 2.75) is 33.3 Å². The van der Waals surface area contributed by atoms with Crippen molar-refractivity contribution in [1.82, 2.24) is 4.98 Å². The van der Waals surface area contributed by atoms with Gasteiger partial charge in [0.1, 0.15) is 27.1 Å². The van der Waals surface area contributed by atoms with Gasteiger partial charge < -0.3 is 9.84 Å². The van der Waals surface area contributed by atoms with E-state index in [2.05, 4.69) is 16.9 Å². The molecule has 2 N–H and O–H groups in total. The lowest BCUT2D eigenvalue weighted by molar-refractivity contribution is 0.0636. The molecule has 0 saturated carbocycles. The first-order valence-electron chi connectivity index (χ1n) is 7.12. The molecule has 0 bridgehead atoms. The Labute approximate surface area is 139 Å². The molecule has 0 spiro atoms. The summed E-state index contributed by atoms with van der Waals surface area (Å²) in [5.41, 5.74) is 1.64. The van der Waals surface area contributed by atoms with Crippen LogP contribution in [0.2, 0.25) is 0 Å². The van der Waals surface area contributed by atoms with Crippen LogP contribution in [0.5, 0.6) is 0 Å². The monoisotopic (exact) mass is 332 g/mol. The average Bonchev–Trinajstić information content (AvgIpc) is 2.80. The molecular weight excluding hydrogens is 312 g/mol. The molecule has 0 atom stereocenters. The Morgan fingerprint density at radius 2 is 2.00 bits per heavy atom. The summed E-state index contributed by atoms with van der Waals surface area (Å²) in [4.78, 5) is 16.3. The van der Waals surface area contributed by atoms with Gasteiger partial charge in [-0.3, -0.25) is 5.32 Å².